The molecule has 1 atom stereocenters. The molecule has 0 N–H and O–H groups in total. The number of carbonyl (C=O) groups excluding carboxylic acids is 1. The lowest BCUT2D eigenvalue weighted by molar-refractivity contribution is -0.117. The van der Waals surface area contributed by atoms with Gasteiger partial charge in [0.2, 0.25) is 6.41 Å². The van der Waals surface area contributed by atoms with E-state index in [0.29, 0.717) is 0 Å². The average Bonchev–Trinajstić information content (AvgIpc) is 2.80. The first-order chi connectivity index (χ1) is 10.1. The van der Waals surface area contributed by atoms with E-state index in [4.69, 9.17) is 0 Å². The molecule has 1 unspecified atom stereocenters. The number of fused-ring (bicyclic) bond motifs is 3. The van der Waals surface area contributed by atoms with E-state index in [1.807, 2.05) is 7.05 Å². The zero-order valence-electron chi connectivity index (χ0n) is 13.2. The molecule has 3 rings (SSSR count). The molecule has 2 aromatic rings. The van der Waals surface area contributed by atoms with Gasteiger partial charge >= 0.3 is 0 Å². The monoisotopic (exact) mass is 284 g/mol. The number of nitrogens with zero attached hydrogens (tertiary/aromatic N) is 2. The van der Waals surface area contributed by atoms with Crippen molar-refractivity contribution in [2.45, 2.75) is 38.0 Å². The number of hydrogen-bond acceptors (Lipinski definition) is 1. The first-order valence-corrected chi connectivity index (χ1v) is 7.79. The molecule has 1 amide bonds. The van der Waals surface area contributed by atoms with Crippen LogP contribution in [0.25, 0.3) is 10.9 Å². The summed E-state index contributed by atoms with van der Waals surface area (Å²) in [6.45, 7) is 3.18. The molecule has 3 nitrogen and oxygen atoms in total. The van der Waals surface area contributed by atoms with Crippen LogP contribution >= 0.6 is 0 Å². The fraction of sp³-hybridized carbons (Fsp3) is 0.500. The summed E-state index contributed by atoms with van der Waals surface area (Å²) in [7, 11) is 4.05. The third-order valence-electron chi connectivity index (χ3n) is 5.14. The van der Waals surface area contributed by atoms with Gasteiger partial charge in [0.1, 0.15) is 0 Å². The maximum Gasteiger partial charge on any atom is 0.209 e. The summed E-state index contributed by atoms with van der Waals surface area (Å²) < 4.78 is 2.38. The number of para-hydroxylation sites is 1. The molecule has 112 valence electrons. The van der Waals surface area contributed by atoms with E-state index < -0.39 is 0 Å². The summed E-state index contributed by atoms with van der Waals surface area (Å²) >= 11 is 0. The highest BCUT2D eigenvalue weighted by Gasteiger charge is 2.36. The fourth-order valence-corrected chi connectivity index (χ4v) is 3.99. The Kier molecular flexibility index (Phi) is 3.52. The molecule has 1 aromatic carbocycles. The van der Waals surface area contributed by atoms with E-state index in [1.54, 1.807) is 4.90 Å². The number of amides is 1. The molecule has 0 saturated heterocycles. The van der Waals surface area contributed by atoms with Crippen molar-refractivity contribution in [2.75, 3.05) is 13.6 Å². The van der Waals surface area contributed by atoms with Crippen LogP contribution in [0.1, 0.15) is 37.4 Å². The number of hydrogen-bond donors (Lipinski definition) is 0. The second-order valence-corrected chi connectivity index (χ2v) is 6.65. The second kappa shape index (κ2) is 5.21. The highest BCUT2D eigenvalue weighted by atomic mass is 16.1. The first-order valence-electron chi connectivity index (χ1n) is 7.79. The summed E-state index contributed by atoms with van der Waals surface area (Å²) in [4.78, 5) is 12.6. The lowest BCUT2D eigenvalue weighted by atomic mass is 9.72. The molecule has 21 heavy (non-hydrogen) atoms. The molecule has 3 heteroatoms. The Labute approximate surface area is 126 Å². The van der Waals surface area contributed by atoms with Gasteiger partial charge in [-0.2, -0.15) is 0 Å². The molecule has 1 aliphatic rings. The Morgan fingerprint density at radius 1 is 1.38 bits per heavy atom. The zero-order valence-corrected chi connectivity index (χ0v) is 13.2. The van der Waals surface area contributed by atoms with Crippen molar-refractivity contribution in [1.29, 1.82) is 0 Å². The van der Waals surface area contributed by atoms with Crippen molar-refractivity contribution in [2.24, 2.45) is 7.05 Å². The van der Waals surface area contributed by atoms with E-state index in [0.717, 1.165) is 19.4 Å². The van der Waals surface area contributed by atoms with E-state index in [9.17, 15) is 4.79 Å². The SMILES string of the molecule is CN(C=O)CCC1(C)CCCc2c1n(C)c1ccccc21. The summed E-state index contributed by atoms with van der Waals surface area (Å²) in [5, 5.41) is 1.41. The van der Waals surface area contributed by atoms with Crippen molar-refractivity contribution >= 4 is 17.3 Å². The normalized spacial score (nSPS) is 21.3. The van der Waals surface area contributed by atoms with Crippen LogP contribution in [0.3, 0.4) is 0 Å². The molecule has 0 fully saturated rings. The standard InChI is InChI=1S/C18H24N2O/c1-18(11-12-19(2)13-21)10-6-8-15-14-7-4-5-9-16(14)20(3)17(15)18/h4-5,7,9,13H,6,8,10-12H2,1-3H3. The van der Waals surface area contributed by atoms with E-state index in [-0.39, 0.29) is 5.41 Å². The van der Waals surface area contributed by atoms with Crippen LogP contribution in [0.4, 0.5) is 0 Å². The predicted molar refractivity (Wildman–Crippen MR) is 86.5 cm³/mol. The van der Waals surface area contributed by atoms with Gasteiger partial charge in [-0.15, -0.1) is 0 Å². The number of aryl methyl sites for hydroxylation is 2. The first kappa shape index (κ1) is 14.2. The number of rotatable bonds is 4. The third-order valence-corrected chi connectivity index (χ3v) is 5.14. The Morgan fingerprint density at radius 2 is 2.14 bits per heavy atom. The summed E-state index contributed by atoms with van der Waals surface area (Å²) in [5.74, 6) is 0. The minimum absolute atomic E-state index is 0.165. The minimum Gasteiger partial charge on any atom is -0.348 e. The van der Waals surface area contributed by atoms with Crippen LogP contribution in [-0.2, 0) is 23.7 Å². The van der Waals surface area contributed by atoms with Crippen molar-refractivity contribution in [3.63, 3.8) is 0 Å². The summed E-state index contributed by atoms with van der Waals surface area (Å²) in [5.41, 5.74) is 4.50. The third kappa shape index (κ3) is 2.25. The summed E-state index contributed by atoms with van der Waals surface area (Å²) in [6, 6.07) is 8.71. The fourth-order valence-electron chi connectivity index (χ4n) is 3.99. The minimum atomic E-state index is 0.165. The Morgan fingerprint density at radius 3 is 2.90 bits per heavy atom. The van der Waals surface area contributed by atoms with Gasteiger partial charge in [-0.05, 0) is 37.3 Å². The maximum absolute atomic E-state index is 10.9. The van der Waals surface area contributed by atoms with Crippen molar-refractivity contribution < 1.29 is 4.79 Å². The largest absolute Gasteiger partial charge is 0.348 e. The molecule has 0 spiro atoms. The summed E-state index contributed by atoms with van der Waals surface area (Å²) in [6.07, 6.45) is 5.57. The molecule has 0 radical (unpaired) electrons. The molecule has 0 saturated carbocycles. The molecule has 1 heterocycles. The van der Waals surface area contributed by atoms with Gasteiger partial charge in [-0.3, -0.25) is 4.79 Å². The van der Waals surface area contributed by atoms with Gasteiger partial charge in [-0.25, -0.2) is 0 Å². The maximum atomic E-state index is 10.9. The van der Waals surface area contributed by atoms with Crippen LogP contribution in [0.2, 0.25) is 0 Å². The number of benzene rings is 1. The van der Waals surface area contributed by atoms with E-state index in [1.165, 1.54) is 41.4 Å². The van der Waals surface area contributed by atoms with Crippen molar-refractivity contribution in [3.05, 3.63) is 35.5 Å². The molecular formula is C18H24N2O. The van der Waals surface area contributed by atoms with Gasteiger partial charge in [0.25, 0.3) is 0 Å². The van der Waals surface area contributed by atoms with Gasteiger partial charge in [0, 0.05) is 42.7 Å². The van der Waals surface area contributed by atoms with Crippen LogP contribution in [0.5, 0.6) is 0 Å². The predicted octanol–water partition coefficient (Wildman–Crippen LogP) is 3.25. The van der Waals surface area contributed by atoms with E-state index >= 15 is 0 Å². The van der Waals surface area contributed by atoms with Crippen molar-refractivity contribution in [1.82, 2.24) is 9.47 Å². The second-order valence-electron chi connectivity index (χ2n) is 6.65. The average molecular weight is 284 g/mol. The lowest BCUT2D eigenvalue weighted by Crippen LogP contribution is -2.33. The molecule has 0 bridgehead atoms. The van der Waals surface area contributed by atoms with Gasteiger partial charge in [-0.1, -0.05) is 25.1 Å². The molecule has 1 aliphatic carbocycles. The van der Waals surface area contributed by atoms with Crippen LogP contribution in [-0.4, -0.2) is 29.5 Å². The Hall–Kier alpha value is -1.77. The number of aromatic nitrogens is 1. The van der Waals surface area contributed by atoms with Crippen LogP contribution in [0, 0.1) is 0 Å². The highest BCUT2D eigenvalue weighted by Crippen LogP contribution is 2.43. The van der Waals surface area contributed by atoms with Gasteiger partial charge in [0.05, 0.1) is 0 Å². The zero-order chi connectivity index (χ0) is 15.0. The molecular weight excluding hydrogens is 260 g/mol. The molecule has 0 aliphatic heterocycles. The van der Waals surface area contributed by atoms with Crippen molar-refractivity contribution in [3.8, 4) is 0 Å². The lowest BCUT2D eigenvalue weighted by Gasteiger charge is -2.36. The van der Waals surface area contributed by atoms with Gasteiger partial charge in [0.15, 0.2) is 0 Å². The smallest absolute Gasteiger partial charge is 0.209 e. The van der Waals surface area contributed by atoms with Crippen LogP contribution in [0.15, 0.2) is 24.3 Å². The Bertz CT molecular complexity index is 673. The van der Waals surface area contributed by atoms with Gasteiger partial charge < -0.3 is 9.47 Å². The van der Waals surface area contributed by atoms with Crippen LogP contribution < -0.4 is 0 Å². The molecule has 1 aromatic heterocycles. The highest BCUT2D eigenvalue weighted by molar-refractivity contribution is 5.86. The quantitative estimate of drug-likeness (QED) is 0.791. The topological polar surface area (TPSA) is 25.2 Å². The number of carbonyl (C=O) groups is 1. The van der Waals surface area contributed by atoms with E-state index in [2.05, 4.69) is 42.8 Å². The Balaban J connectivity index is 2.06.